The maximum atomic E-state index is 12.3. The maximum Gasteiger partial charge on any atom is 0.251 e. The van der Waals surface area contributed by atoms with Gasteiger partial charge in [0.1, 0.15) is 6.04 Å². The first-order valence-corrected chi connectivity index (χ1v) is 8.88. The second kappa shape index (κ2) is 7.15. The number of nitrogens with zero attached hydrogens (tertiary/aromatic N) is 2. The van der Waals surface area contributed by atoms with Crippen LogP contribution in [0.15, 0.2) is 48.9 Å². The standard InChI is InChI=1S/C20H18N4O4/c25-17-5-4-16(19(27)23-17)24-11-15-13(2-1-3-14(15)20(24)28)10-22-18(26)12-6-8-21-9-7-12/h1-3,6-9,11,16,28H,4-5,10H2,(H,22,26)(H,23,25,27). The molecule has 1 aliphatic heterocycles. The molecule has 8 heteroatoms. The SMILES string of the molecule is O=C1CCC(n2cc3c(CNC(=O)c4ccncc4)cccc3c2O)C(=O)N1. The molecule has 1 atom stereocenters. The molecule has 0 bridgehead atoms. The summed E-state index contributed by atoms with van der Waals surface area (Å²) in [5, 5.41) is 17.1. The van der Waals surface area contributed by atoms with E-state index in [1.807, 2.05) is 6.07 Å². The zero-order valence-corrected chi connectivity index (χ0v) is 14.9. The number of carbonyl (C=O) groups is 3. The number of aromatic nitrogens is 2. The van der Waals surface area contributed by atoms with Gasteiger partial charge in [-0.2, -0.15) is 0 Å². The Bertz CT molecular complexity index is 1070. The molecular weight excluding hydrogens is 360 g/mol. The lowest BCUT2D eigenvalue weighted by atomic mass is 10.1. The number of benzene rings is 1. The average Bonchev–Trinajstić information content (AvgIpc) is 3.04. The van der Waals surface area contributed by atoms with Gasteiger partial charge >= 0.3 is 0 Å². The van der Waals surface area contributed by atoms with Gasteiger partial charge in [0.15, 0.2) is 5.88 Å². The molecule has 3 aromatic rings. The first-order valence-electron chi connectivity index (χ1n) is 8.88. The highest BCUT2D eigenvalue weighted by Gasteiger charge is 2.30. The van der Waals surface area contributed by atoms with Crippen molar-refractivity contribution in [3.05, 3.63) is 60.0 Å². The van der Waals surface area contributed by atoms with E-state index < -0.39 is 11.9 Å². The van der Waals surface area contributed by atoms with Crippen LogP contribution in [-0.2, 0) is 16.1 Å². The van der Waals surface area contributed by atoms with Crippen LogP contribution in [0.5, 0.6) is 5.88 Å². The predicted octanol–water partition coefficient (Wildman–Crippen LogP) is 1.65. The third-order valence-corrected chi connectivity index (χ3v) is 4.88. The fraction of sp³-hybridized carbons (Fsp3) is 0.200. The Balaban J connectivity index is 1.61. The van der Waals surface area contributed by atoms with Crippen molar-refractivity contribution in [3.63, 3.8) is 0 Å². The number of nitrogens with one attached hydrogen (secondary N) is 2. The number of aromatic hydroxyl groups is 1. The lowest BCUT2D eigenvalue weighted by Gasteiger charge is -2.22. The van der Waals surface area contributed by atoms with Crippen LogP contribution in [0.2, 0.25) is 0 Å². The minimum absolute atomic E-state index is 0.0354. The van der Waals surface area contributed by atoms with Crippen molar-refractivity contribution >= 4 is 28.5 Å². The Hall–Kier alpha value is -3.68. The third-order valence-electron chi connectivity index (χ3n) is 4.88. The molecule has 0 radical (unpaired) electrons. The third kappa shape index (κ3) is 3.20. The number of rotatable bonds is 4. The molecule has 28 heavy (non-hydrogen) atoms. The Morgan fingerprint density at radius 2 is 2.00 bits per heavy atom. The Morgan fingerprint density at radius 3 is 2.75 bits per heavy atom. The number of hydrogen-bond acceptors (Lipinski definition) is 5. The van der Waals surface area contributed by atoms with E-state index in [2.05, 4.69) is 15.6 Å². The number of amides is 3. The van der Waals surface area contributed by atoms with Gasteiger partial charge in [0.25, 0.3) is 5.91 Å². The number of pyridine rings is 1. The van der Waals surface area contributed by atoms with Crippen molar-refractivity contribution in [2.45, 2.75) is 25.4 Å². The molecule has 1 unspecified atom stereocenters. The molecule has 3 amide bonds. The molecule has 8 nitrogen and oxygen atoms in total. The molecule has 142 valence electrons. The topological polar surface area (TPSA) is 113 Å². The number of piperidine rings is 1. The summed E-state index contributed by atoms with van der Waals surface area (Å²) in [4.78, 5) is 39.7. The van der Waals surface area contributed by atoms with Gasteiger partial charge in [0.2, 0.25) is 11.8 Å². The van der Waals surface area contributed by atoms with Crippen molar-refractivity contribution < 1.29 is 19.5 Å². The largest absolute Gasteiger partial charge is 0.494 e. The molecule has 0 spiro atoms. The molecule has 3 heterocycles. The molecule has 0 saturated carbocycles. The van der Waals surface area contributed by atoms with Crippen LogP contribution in [0.4, 0.5) is 0 Å². The second-order valence-electron chi connectivity index (χ2n) is 6.62. The van der Waals surface area contributed by atoms with Gasteiger partial charge in [-0.25, -0.2) is 0 Å². The van der Waals surface area contributed by atoms with Gasteiger partial charge in [-0.1, -0.05) is 12.1 Å². The summed E-state index contributed by atoms with van der Waals surface area (Å²) in [6.07, 6.45) is 5.34. The summed E-state index contributed by atoms with van der Waals surface area (Å²) in [5.74, 6) is -1.00. The van der Waals surface area contributed by atoms with Crippen molar-refractivity contribution in [2.75, 3.05) is 0 Å². The van der Waals surface area contributed by atoms with E-state index in [1.54, 1.807) is 42.9 Å². The van der Waals surface area contributed by atoms with Crippen LogP contribution in [-0.4, -0.2) is 32.4 Å². The summed E-state index contributed by atoms with van der Waals surface area (Å²) < 4.78 is 1.49. The van der Waals surface area contributed by atoms with Crippen LogP contribution in [0, 0.1) is 0 Å². The van der Waals surface area contributed by atoms with Crippen molar-refractivity contribution in [3.8, 4) is 5.88 Å². The number of fused-ring (bicyclic) bond motifs is 1. The van der Waals surface area contributed by atoms with Gasteiger partial charge in [0.05, 0.1) is 0 Å². The van der Waals surface area contributed by atoms with Gasteiger partial charge in [-0.15, -0.1) is 0 Å². The van der Waals surface area contributed by atoms with Crippen LogP contribution in [0.1, 0.15) is 34.8 Å². The number of hydrogen-bond donors (Lipinski definition) is 3. The molecule has 4 rings (SSSR count). The highest BCUT2D eigenvalue weighted by molar-refractivity contribution is 6.00. The summed E-state index contributed by atoms with van der Waals surface area (Å²) >= 11 is 0. The van der Waals surface area contributed by atoms with Gasteiger partial charge in [0, 0.05) is 47.9 Å². The summed E-state index contributed by atoms with van der Waals surface area (Å²) in [6.45, 7) is 0.261. The summed E-state index contributed by atoms with van der Waals surface area (Å²) in [6, 6.07) is 7.99. The lowest BCUT2D eigenvalue weighted by Crippen LogP contribution is -2.41. The van der Waals surface area contributed by atoms with E-state index in [4.69, 9.17) is 0 Å². The van der Waals surface area contributed by atoms with E-state index >= 15 is 0 Å². The first kappa shape index (κ1) is 17.7. The average molecular weight is 378 g/mol. The second-order valence-corrected chi connectivity index (χ2v) is 6.62. The molecule has 1 saturated heterocycles. The molecule has 3 N–H and O–H groups in total. The highest BCUT2D eigenvalue weighted by Crippen LogP contribution is 2.34. The Kier molecular flexibility index (Phi) is 4.52. The van der Waals surface area contributed by atoms with Crippen LogP contribution in [0.3, 0.4) is 0 Å². The van der Waals surface area contributed by atoms with Gasteiger partial charge in [-0.05, 0) is 30.2 Å². The van der Waals surface area contributed by atoms with Crippen LogP contribution >= 0.6 is 0 Å². The van der Waals surface area contributed by atoms with E-state index in [-0.39, 0.29) is 30.7 Å². The molecule has 1 aromatic carbocycles. The highest BCUT2D eigenvalue weighted by atomic mass is 16.3. The molecule has 1 aliphatic rings. The van der Waals surface area contributed by atoms with Crippen molar-refractivity contribution in [1.82, 2.24) is 20.2 Å². The first-order chi connectivity index (χ1) is 13.5. The van der Waals surface area contributed by atoms with Gasteiger partial charge in [-0.3, -0.25) is 24.7 Å². The number of imide groups is 1. The predicted molar refractivity (Wildman–Crippen MR) is 100 cm³/mol. The maximum absolute atomic E-state index is 12.3. The van der Waals surface area contributed by atoms with E-state index in [1.165, 1.54) is 4.57 Å². The fourth-order valence-corrected chi connectivity index (χ4v) is 3.42. The van der Waals surface area contributed by atoms with Crippen molar-refractivity contribution in [1.29, 1.82) is 0 Å². The normalized spacial score (nSPS) is 16.8. The van der Waals surface area contributed by atoms with E-state index in [9.17, 15) is 19.5 Å². The van der Waals surface area contributed by atoms with Crippen molar-refractivity contribution in [2.24, 2.45) is 0 Å². The molecule has 1 fully saturated rings. The smallest absolute Gasteiger partial charge is 0.251 e. The molecule has 0 aliphatic carbocycles. The van der Waals surface area contributed by atoms with Gasteiger partial charge < -0.3 is 15.0 Å². The van der Waals surface area contributed by atoms with E-state index in [0.29, 0.717) is 17.4 Å². The minimum atomic E-state index is -0.649. The molecular formula is C20H18N4O4. The zero-order chi connectivity index (χ0) is 19.7. The van der Waals surface area contributed by atoms with Crippen LogP contribution in [0.25, 0.3) is 10.8 Å². The van der Waals surface area contributed by atoms with Crippen LogP contribution < -0.4 is 10.6 Å². The summed E-state index contributed by atoms with van der Waals surface area (Å²) in [7, 11) is 0. The molecule has 2 aromatic heterocycles. The minimum Gasteiger partial charge on any atom is -0.494 e. The number of carbonyl (C=O) groups excluding carboxylic acids is 3. The Labute approximate surface area is 160 Å². The Morgan fingerprint density at radius 1 is 1.21 bits per heavy atom. The monoisotopic (exact) mass is 378 g/mol. The quantitative estimate of drug-likeness (QED) is 0.598. The van der Waals surface area contributed by atoms with E-state index in [0.717, 1.165) is 10.9 Å². The fourth-order valence-electron chi connectivity index (χ4n) is 3.42. The lowest BCUT2D eigenvalue weighted by molar-refractivity contribution is -0.135. The zero-order valence-electron chi connectivity index (χ0n) is 14.9. The summed E-state index contributed by atoms with van der Waals surface area (Å²) in [5.41, 5.74) is 1.31.